The molecule has 0 aromatic heterocycles. The Kier molecular flexibility index (Phi) is 4.19. The molecule has 0 bridgehead atoms. The van der Waals surface area contributed by atoms with Crippen molar-refractivity contribution in [3.05, 3.63) is 0 Å². The fourth-order valence-electron chi connectivity index (χ4n) is 1.88. The van der Waals surface area contributed by atoms with E-state index in [0.29, 0.717) is 13.2 Å². The molecule has 1 aliphatic carbocycles. The third kappa shape index (κ3) is 4.01. The maximum Gasteiger partial charge on any atom is 0.0897 e. The van der Waals surface area contributed by atoms with E-state index in [9.17, 15) is 5.11 Å². The van der Waals surface area contributed by atoms with Gasteiger partial charge in [0.1, 0.15) is 0 Å². The molecule has 2 fully saturated rings. The second-order valence-electron chi connectivity index (χ2n) is 5.38. The Morgan fingerprint density at radius 1 is 1.56 bits per heavy atom. The molecule has 2 atom stereocenters. The van der Waals surface area contributed by atoms with Crippen LogP contribution in [0.15, 0.2) is 0 Å². The molecular weight excluding hydrogens is 206 g/mol. The fourth-order valence-corrected chi connectivity index (χ4v) is 1.88. The van der Waals surface area contributed by atoms with Crippen molar-refractivity contribution in [2.24, 2.45) is 5.92 Å². The number of hydrogen-bond donors (Lipinski definition) is 2. The molecule has 1 saturated carbocycles. The van der Waals surface area contributed by atoms with Gasteiger partial charge < -0.3 is 19.9 Å². The van der Waals surface area contributed by atoms with E-state index in [1.54, 1.807) is 0 Å². The summed E-state index contributed by atoms with van der Waals surface area (Å²) in [5, 5.41) is 13.1. The lowest BCUT2D eigenvalue weighted by atomic mass is 10.0. The van der Waals surface area contributed by atoms with Crippen LogP contribution in [0.25, 0.3) is 0 Å². The molecule has 0 aromatic rings. The lowest BCUT2D eigenvalue weighted by molar-refractivity contribution is 0.0283. The molecule has 1 saturated heterocycles. The van der Waals surface area contributed by atoms with Crippen molar-refractivity contribution < 1.29 is 14.6 Å². The molecule has 4 heteroatoms. The molecule has 2 unspecified atom stereocenters. The zero-order valence-corrected chi connectivity index (χ0v) is 10.1. The topological polar surface area (TPSA) is 50.7 Å². The maximum atomic E-state index is 9.73. The normalized spacial score (nSPS) is 31.9. The van der Waals surface area contributed by atoms with Crippen LogP contribution in [0.2, 0.25) is 0 Å². The van der Waals surface area contributed by atoms with Crippen molar-refractivity contribution in [2.75, 3.05) is 33.0 Å². The zero-order valence-electron chi connectivity index (χ0n) is 10.1. The van der Waals surface area contributed by atoms with Gasteiger partial charge in [-0.2, -0.15) is 0 Å². The van der Waals surface area contributed by atoms with Crippen molar-refractivity contribution in [1.29, 1.82) is 0 Å². The van der Waals surface area contributed by atoms with Crippen molar-refractivity contribution >= 4 is 0 Å². The van der Waals surface area contributed by atoms with Gasteiger partial charge in [-0.1, -0.05) is 0 Å². The summed E-state index contributed by atoms with van der Waals surface area (Å²) in [5.74, 6) is 0.765. The van der Waals surface area contributed by atoms with Gasteiger partial charge >= 0.3 is 0 Å². The summed E-state index contributed by atoms with van der Waals surface area (Å²) < 4.78 is 10.8. The van der Waals surface area contributed by atoms with E-state index in [1.165, 1.54) is 12.8 Å². The maximum absolute atomic E-state index is 9.73. The molecule has 4 nitrogen and oxygen atoms in total. The summed E-state index contributed by atoms with van der Waals surface area (Å²) in [6.45, 7) is 5.54. The van der Waals surface area contributed by atoms with Gasteiger partial charge in [0.15, 0.2) is 0 Å². The molecule has 94 valence electrons. The second kappa shape index (κ2) is 5.45. The number of aliphatic hydroxyl groups is 1. The minimum Gasteiger partial charge on any atom is -0.389 e. The van der Waals surface area contributed by atoms with Crippen LogP contribution in [-0.4, -0.2) is 49.7 Å². The third-order valence-corrected chi connectivity index (χ3v) is 3.34. The van der Waals surface area contributed by atoms with Crippen molar-refractivity contribution in [2.45, 2.75) is 37.8 Å². The lowest BCUT2D eigenvalue weighted by Crippen LogP contribution is -2.47. The minimum absolute atomic E-state index is 0.0392. The van der Waals surface area contributed by atoms with Gasteiger partial charge in [0.2, 0.25) is 0 Å². The Morgan fingerprint density at radius 2 is 2.38 bits per heavy atom. The Labute approximate surface area is 97.3 Å². The van der Waals surface area contributed by atoms with E-state index in [1.807, 2.05) is 0 Å². The van der Waals surface area contributed by atoms with Crippen LogP contribution in [0.3, 0.4) is 0 Å². The molecule has 2 rings (SSSR count). The Morgan fingerprint density at radius 3 is 3.00 bits per heavy atom. The molecule has 1 heterocycles. The highest BCUT2D eigenvalue weighted by Gasteiger charge is 2.29. The van der Waals surface area contributed by atoms with E-state index >= 15 is 0 Å². The Balaban J connectivity index is 1.53. The summed E-state index contributed by atoms with van der Waals surface area (Å²) in [5.41, 5.74) is 0.0392. The first-order chi connectivity index (χ1) is 7.68. The van der Waals surface area contributed by atoms with Gasteiger partial charge in [-0.05, 0) is 32.1 Å². The number of nitrogens with one attached hydrogen (secondary N) is 1. The van der Waals surface area contributed by atoms with Gasteiger partial charge in [0.05, 0.1) is 19.3 Å². The summed E-state index contributed by atoms with van der Waals surface area (Å²) in [7, 11) is 0. The summed E-state index contributed by atoms with van der Waals surface area (Å²) in [6.07, 6.45) is 3.20. The second-order valence-corrected chi connectivity index (χ2v) is 5.38. The van der Waals surface area contributed by atoms with E-state index in [-0.39, 0.29) is 5.54 Å². The van der Waals surface area contributed by atoms with Gasteiger partial charge in [-0.3, -0.25) is 0 Å². The van der Waals surface area contributed by atoms with E-state index in [4.69, 9.17) is 9.47 Å². The van der Waals surface area contributed by atoms with Crippen LogP contribution in [0.5, 0.6) is 0 Å². The van der Waals surface area contributed by atoms with Crippen LogP contribution in [-0.2, 0) is 9.47 Å². The predicted molar refractivity (Wildman–Crippen MR) is 61.4 cm³/mol. The van der Waals surface area contributed by atoms with Crippen LogP contribution in [0, 0.1) is 5.92 Å². The van der Waals surface area contributed by atoms with Crippen LogP contribution < -0.4 is 5.32 Å². The van der Waals surface area contributed by atoms with Crippen molar-refractivity contribution in [3.63, 3.8) is 0 Å². The molecule has 0 radical (unpaired) electrons. The number of aliphatic hydroxyl groups excluding tert-OH is 1. The number of ether oxygens (including phenoxy) is 2. The first-order valence-corrected chi connectivity index (χ1v) is 6.26. The SMILES string of the molecule is CC1(NCC(O)COCC2CC2)CCOC1. The summed E-state index contributed by atoms with van der Waals surface area (Å²) in [6, 6.07) is 0. The van der Waals surface area contributed by atoms with E-state index < -0.39 is 6.10 Å². The van der Waals surface area contributed by atoms with Gasteiger partial charge in [0.25, 0.3) is 0 Å². The molecule has 2 aliphatic rings. The standard InChI is InChI=1S/C12H23NO3/c1-12(4-5-15-9-12)13-6-11(14)8-16-7-10-2-3-10/h10-11,13-14H,2-9H2,1H3. The monoisotopic (exact) mass is 229 g/mol. The fraction of sp³-hybridized carbons (Fsp3) is 1.00. The Bertz CT molecular complexity index is 212. The highest BCUT2D eigenvalue weighted by Crippen LogP contribution is 2.28. The first-order valence-electron chi connectivity index (χ1n) is 6.26. The lowest BCUT2D eigenvalue weighted by Gasteiger charge is -2.25. The average Bonchev–Trinajstić information content (AvgIpc) is 2.98. The third-order valence-electron chi connectivity index (χ3n) is 3.34. The van der Waals surface area contributed by atoms with Crippen LogP contribution in [0.4, 0.5) is 0 Å². The highest BCUT2D eigenvalue weighted by molar-refractivity contribution is 4.87. The average molecular weight is 229 g/mol. The highest BCUT2D eigenvalue weighted by atomic mass is 16.5. The molecule has 16 heavy (non-hydrogen) atoms. The molecule has 2 N–H and O–H groups in total. The van der Waals surface area contributed by atoms with Gasteiger partial charge in [-0.25, -0.2) is 0 Å². The van der Waals surface area contributed by atoms with Crippen molar-refractivity contribution in [1.82, 2.24) is 5.32 Å². The van der Waals surface area contributed by atoms with E-state index in [0.717, 1.165) is 32.2 Å². The number of rotatable bonds is 7. The molecule has 0 aromatic carbocycles. The smallest absolute Gasteiger partial charge is 0.0897 e. The molecule has 0 spiro atoms. The van der Waals surface area contributed by atoms with Crippen LogP contribution >= 0.6 is 0 Å². The Hall–Kier alpha value is -0.160. The summed E-state index contributed by atoms with van der Waals surface area (Å²) >= 11 is 0. The predicted octanol–water partition coefficient (Wildman–Crippen LogP) is 0.542. The first kappa shape index (κ1) is 12.3. The number of hydrogen-bond acceptors (Lipinski definition) is 4. The quantitative estimate of drug-likeness (QED) is 0.669. The molecule has 0 amide bonds. The molecule has 1 aliphatic heterocycles. The zero-order chi connectivity index (χ0) is 11.4. The summed E-state index contributed by atoms with van der Waals surface area (Å²) in [4.78, 5) is 0. The van der Waals surface area contributed by atoms with Gasteiger partial charge in [0, 0.05) is 25.3 Å². The van der Waals surface area contributed by atoms with Gasteiger partial charge in [-0.15, -0.1) is 0 Å². The van der Waals surface area contributed by atoms with Crippen LogP contribution in [0.1, 0.15) is 26.2 Å². The van der Waals surface area contributed by atoms with Crippen molar-refractivity contribution in [3.8, 4) is 0 Å². The minimum atomic E-state index is -0.406. The van der Waals surface area contributed by atoms with E-state index in [2.05, 4.69) is 12.2 Å². The molecular formula is C12H23NO3. The largest absolute Gasteiger partial charge is 0.389 e. The number of β-amino-alcohol motifs (C(OH)–C–C–N with tert-alkyl or cyclic N) is 1.